The number of rotatable bonds is 4. The van der Waals surface area contributed by atoms with Crippen LogP contribution in [0.1, 0.15) is 44.6 Å². The number of hydrogen-bond acceptors (Lipinski definition) is 1. The molecule has 0 aromatic heterocycles. The Morgan fingerprint density at radius 2 is 2.05 bits per heavy atom. The van der Waals surface area contributed by atoms with Gasteiger partial charge in [-0.1, -0.05) is 18.2 Å². The van der Waals surface area contributed by atoms with E-state index in [-0.39, 0.29) is 0 Å². The molecule has 3 heteroatoms. The van der Waals surface area contributed by atoms with Gasteiger partial charge in [0, 0.05) is 5.56 Å². The molecule has 118 valence electrons. The molecule has 0 spiro atoms. The highest BCUT2D eigenvalue weighted by atomic mass is 19.2. The molecule has 22 heavy (non-hydrogen) atoms. The summed E-state index contributed by atoms with van der Waals surface area (Å²) < 4.78 is 27.7. The van der Waals surface area contributed by atoms with Gasteiger partial charge in [-0.15, -0.1) is 0 Å². The maximum Gasteiger partial charge on any atom is 0.200 e. The molecule has 3 unspecified atom stereocenters. The summed E-state index contributed by atoms with van der Waals surface area (Å²) in [5, 5.41) is 9.28. The molecule has 1 aromatic rings. The fraction of sp³-hybridized carbons (Fsp3) is 0.474. The monoisotopic (exact) mass is 304 g/mol. The molecule has 1 aromatic carbocycles. The van der Waals surface area contributed by atoms with Crippen LogP contribution >= 0.6 is 0 Å². The van der Waals surface area contributed by atoms with E-state index >= 15 is 0 Å². The van der Waals surface area contributed by atoms with Crippen molar-refractivity contribution in [3.63, 3.8) is 0 Å². The summed E-state index contributed by atoms with van der Waals surface area (Å²) in [6, 6.07) is 2.76. The van der Waals surface area contributed by atoms with Crippen molar-refractivity contribution in [3.8, 4) is 5.75 Å². The first-order valence-electron chi connectivity index (χ1n) is 8.12. The molecule has 0 saturated heterocycles. The van der Waals surface area contributed by atoms with E-state index < -0.39 is 17.4 Å². The third-order valence-electron chi connectivity index (χ3n) is 5.29. The van der Waals surface area contributed by atoms with Crippen molar-refractivity contribution in [1.82, 2.24) is 0 Å². The van der Waals surface area contributed by atoms with E-state index in [1.165, 1.54) is 25.0 Å². The number of allylic oxidation sites excluding steroid dienone is 4. The van der Waals surface area contributed by atoms with Crippen LogP contribution in [0, 0.1) is 29.4 Å². The summed E-state index contributed by atoms with van der Waals surface area (Å²) >= 11 is 0. The van der Waals surface area contributed by atoms with Crippen LogP contribution in [-0.4, -0.2) is 5.11 Å². The van der Waals surface area contributed by atoms with Crippen molar-refractivity contribution >= 4 is 5.57 Å². The van der Waals surface area contributed by atoms with Crippen molar-refractivity contribution in [2.45, 2.75) is 39.0 Å². The molecule has 3 rings (SSSR count). The molecule has 1 fully saturated rings. The maximum absolute atomic E-state index is 14.1. The van der Waals surface area contributed by atoms with E-state index in [1.54, 1.807) is 0 Å². The van der Waals surface area contributed by atoms with Crippen molar-refractivity contribution in [2.24, 2.45) is 17.8 Å². The Kier molecular flexibility index (Phi) is 4.32. The van der Waals surface area contributed by atoms with Crippen LogP contribution in [0.2, 0.25) is 0 Å². The molecule has 0 amide bonds. The molecule has 1 saturated carbocycles. The molecule has 1 N–H and O–H groups in total. The van der Waals surface area contributed by atoms with E-state index in [1.807, 2.05) is 6.92 Å². The van der Waals surface area contributed by atoms with Gasteiger partial charge in [-0.05, 0) is 74.5 Å². The highest BCUT2D eigenvalue weighted by Crippen LogP contribution is 2.52. The number of fused-ring (bicyclic) bond motifs is 1. The SMILES string of the molecule is C/C=C/CCC1CCC2C(c3ccc(O)c(F)c3F)=CCC12. The van der Waals surface area contributed by atoms with E-state index in [9.17, 15) is 13.9 Å². The molecule has 2 aliphatic carbocycles. The molecule has 0 aliphatic heterocycles. The van der Waals surface area contributed by atoms with Crippen molar-refractivity contribution in [3.05, 3.63) is 47.6 Å². The second kappa shape index (κ2) is 6.23. The first-order chi connectivity index (χ1) is 10.6. The molecule has 3 atom stereocenters. The summed E-state index contributed by atoms with van der Waals surface area (Å²) in [7, 11) is 0. The minimum absolute atomic E-state index is 0.330. The van der Waals surface area contributed by atoms with Crippen molar-refractivity contribution in [2.75, 3.05) is 0 Å². The zero-order valence-electron chi connectivity index (χ0n) is 12.9. The van der Waals surface area contributed by atoms with Gasteiger partial charge >= 0.3 is 0 Å². The van der Waals surface area contributed by atoms with Crippen LogP contribution < -0.4 is 0 Å². The average molecular weight is 304 g/mol. The van der Waals surface area contributed by atoms with Gasteiger partial charge in [0.15, 0.2) is 11.6 Å². The lowest BCUT2D eigenvalue weighted by molar-refractivity contribution is 0.352. The quantitative estimate of drug-likeness (QED) is 0.733. The van der Waals surface area contributed by atoms with Crippen molar-refractivity contribution in [1.29, 1.82) is 0 Å². The number of aromatic hydroxyl groups is 1. The largest absolute Gasteiger partial charge is 0.505 e. The second-order valence-electron chi connectivity index (χ2n) is 6.41. The fourth-order valence-corrected chi connectivity index (χ4v) is 4.21. The summed E-state index contributed by atoms with van der Waals surface area (Å²) in [6.45, 7) is 2.04. The zero-order valence-corrected chi connectivity index (χ0v) is 12.9. The summed E-state index contributed by atoms with van der Waals surface area (Å²) in [6.07, 6.45) is 11.8. The molecular weight excluding hydrogens is 282 g/mol. The lowest BCUT2D eigenvalue weighted by Gasteiger charge is -2.20. The van der Waals surface area contributed by atoms with Gasteiger partial charge in [-0.25, -0.2) is 4.39 Å². The van der Waals surface area contributed by atoms with E-state index in [2.05, 4.69) is 18.2 Å². The predicted octanol–water partition coefficient (Wildman–Crippen LogP) is 5.46. The van der Waals surface area contributed by atoms with Crippen LogP contribution in [0.25, 0.3) is 5.57 Å². The Labute approximate surface area is 130 Å². The van der Waals surface area contributed by atoms with Crippen LogP contribution in [0.5, 0.6) is 5.75 Å². The third-order valence-corrected chi connectivity index (χ3v) is 5.29. The van der Waals surface area contributed by atoms with Gasteiger partial charge in [-0.3, -0.25) is 0 Å². The molecule has 0 radical (unpaired) electrons. The Bertz CT molecular complexity index is 618. The van der Waals surface area contributed by atoms with Crippen LogP contribution in [0.15, 0.2) is 30.4 Å². The Hall–Kier alpha value is -1.64. The summed E-state index contributed by atoms with van der Waals surface area (Å²) in [5.74, 6) is -1.08. The Morgan fingerprint density at radius 1 is 1.23 bits per heavy atom. The smallest absolute Gasteiger partial charge is 0.200 e. The van der Waals surface area contributed by atoms with E-state index in [0.29, 0.717) is 23.3 Å². The summed E-state index contributed by atoms with van der Waals surface area (Å²) in [5.41, 5.74) is 1.27. The number of hydrogen-bond donors (Lipinski definition) is 1. The van der Waals surface area contributed by atoms with E-state index in [0.717, 1.165) is 24.8 Å². The zero-order chi connectivity index (χ0) is 15.7. The second-order valence-corrected chi connectivity index (χ2v) is 6.41. The van der Waals surface area contributed by atoms with Gasteiger partial charge in [0.2, 0.25) is 5.82 Å². The van der Waals surface area contributed by atoms with Crippen LogP contribution in [-0.2, 0) is 0 Å². The summed E-state index contributed by atoms with van der Waals surface area (Å²) in [4.78, 5) is 0. The predicted molar refractivity (Wildman–Crippen MR) is 84.4 cm³/mol. The molecule has 1 nitrogen and oxygen atoms in total. The Morgan fingerprint density at radius 3 is 2.82 bits per heavy atom. The normalized spacial score (nSPS) is 27.4. The molecule has 0 bridgehead atoms. The van der Waals surface area contributed by atoms with Gasteiger partial charge in [0.05, 0.1) is 0 Å². The highest BCUT2D eigenvalue weighted by Gasteiger charge is 2.41. The first-order valence-corrected chi connectivity index (χ1v) is 8.12. The molecule has 2 aliphatic rings. The molecular formula is C19H22F2O. The van der Waals surface area contributed by atoms with Gasteiger partial charge in [0.25, 0.3) is 0 Å². The standard InChI is InChI=1S/C19H22F2O/c1-2-3-4-5-12-6-7-14-13(12)8-9-15(14)16-10-11-17(22)19(21)18(16)20/h2-3,9-14,22H,4-8H2,1H3/b3-2+. The van der Waals surface area contributed by atoms with E-state index in [4.69, 9.17) is 0 Å². The fourth-order valence-electron chi connectivity index (χ4n) is 4.21. The first kappa shape index (κ1) is 15.3. The Balaban J connectivity index is 1.78. The number of benzene rings is 1. The number of halogens is 2. The topological polar surface area (TPSA) is 20.2 Å². The van der Waals surface area contributed by atoms with Gasteiger partial charge < -0.3 is 5.11 Å². The van der Waals surface area contributed by atoms with Gasteiger partial charge in [-0.2, -0.15) is 4.39 Å². The van der Waals surface area contributed by atoms with Crippen molar-refractivity contribution < 1.29 is 13.9 Å². The van der Waals surface area contributed by atoms with Gasteiger partial charge in [0.1, 0.15) is 0 Å². The number of phenols is 1. The highest BCUT2D eigenvalue weighted by molar-refractivity contribution is 5.71. The van der Waals surface area contributed by atoms with Crippen LogP contribution in [0.4, 0.5) is 8.78 Å². The van der Waals surface area contributed by atoms with Crippen LogP contribution in [0.3, 0.4) is 0 Å². The lowest BCUT2D eigenvalue weighted by atomic mass is 9.85. The minimum Gasteiger partial charge on any atom is -0.505 e. The third kappa shape index (κ3) is 2.57. The minimum atomic E-state index is -1.13. The number of phenolic OH excluding ortho intramolecular Hbond substituents is 1. The molecule has 0 heterocycles. The maximum atomic E-state index is 14.1. The lowest BCUT2D eigenvalue weighted by Crippen LogP contribution is -2.11. The average Bonchev–Trinajstić information content (AvgIpc) is 3.09.